The molecule has 1 atom stereocenters. The zero-order chi connectivity index (χ0) is 14.7. The summed E-state index contributed by atoms with van der Waals surface area (Å²) >= 11 is 1.66. The van der Waals surface area contributed by atoms with Crippen LogP contribution in [0.15, 0.2) is 23.6 Å². The molecule has 1 heterocycles. The van der Waals surface area contributed by atoms with Gasteiger partial charge in [-0.15, -0.1) is 11.3 Å². The molecule has 1 aromatic heterocycles. The van der Waals surface area contributed by atoms with Gasteiger partial charge in [-0.2, -0.15) is 0 Å². The zero-order valence-corrected chi connectivity index (χ0v) is 13.1. The zero-order valence-electron chi connectivity index (χ0n) is 12.3. The van der Waals surface area contributed by atoms with Crippen LogP contribution >= 0.6 is 11.3 Å². The van der Waals surface area contributed by atoms with E-state index in [4.69, 9.17) is 4.74 Å². The van der Waals surface area contributed by atoms with Crippen molar-refractivity contribution in [3.63, 3.8) is 0 Å². The number of rotatable bonds is 5. The fraction of sp³-hybridized carbons (Fsp3) is 0.375. The summed E-state index contributed by atoms with van der Waals surface area (Å²) in [5.74, 6) is 0.696. The van der Waals surface area contributed by atoms with Gasteiger partial charge in [-0.25, -0.2) is 4.39 Å². The van der Waals surface area contributed by atoms with Crippen LogP contribution in [0, 0.1) is 19.7 Å². The number of aryl methyl sites for hydroxylation is 2. The highest BCUT2D eigenvalue weighted by Gasteiger charge is 2.22. The molecule has 1 N–H and O–H groups in total. The maximum atomic E-state index is 13.5. The van der Waals surface area contributed by atoms with Gasteiger partial charge in [0.25, 0.3) is 0 Å². The van der Waals surface area contributed by atoms with Crippen LogP contribution in [0.1, 0.15) is 34.5 Å². The van der Waals surface area contributed by atoms with Crippen molar-refractivity contribution in [3.8, 4) is 5.75 Å². The van der Waals surface area contributed by atoms with Gasteiger partial charge in [-0.3, -0.25) is 0 Å². The minimum atomic E-state index is -0.183. The van der Waals surface area contributed by atoms with Crippen molar-refractivity contribution in [1.29, 1.82) is 0 Å². The Morgan fingerprint density at radius 2 is 1.95 bits per heavy atom. The first-order chi connectivity index (χ1) is 9.58. The van der Waals surface area contributed by atoms with E-state index in [2.05, 4.69) is 12.2 Å². The lowest BCUT2D eigenvalue weighted by atomic mass is 9.94. The fourth-order valence-electron chi connectivity index (χ4n) is 2.60. The smallest absolute Gasteiger partial charge is 0.134 e. The molecule has 2 aromatic rings. The van der Waals surface area contributed by atoms with Gasteiger partial charge in [0.2, 0.25) is 0 Å². The quantitative estimate of drug-likeness (QED) is 0.891. The molecule has 0 amide bonds. The van der Waals surface area contributed by atoms with Crippen molar-refractivity contribution in [2.75, 3.05) is 13.7 Å². The molecule has 0 saturated carbocycles. The Bertz CT molecular complexity index is 571. The van der Waals surface area contributed by atoms with Gasteiger partial charge in [0.1, 0.15) is 11.6 Å². The van der Waals surface area contributed by atoms with Crippen LogP contribution in [0.5, 0.6) is 5.75 Å². The molecule has 0 radical (unpaired) electrons. The second-order valence-electron chi connectivity index (χ2n) is 4.80. The maximum absolute atomic E-state index is 13.5. The van der Waals surface area contributed by atoms with Crippen molar-refractivity contribution in [1.82, 2.24) is 5.32 Å². The van der Waals surface area contributed by atoms with Gasteiger partial charge in [0.05, 0.1) is 18.0 Å². The average molecular weight is 293 g/mol. The molecular weight excluding hydrogens is 273 g/mol. The summed E-state index contributed by atoms with van der Waals surface area (Å²) in [5.41, 5.74) is 3.06. The van der Waals surface area contributed by atoms with Crippen LogP contribution in [0.25, 0.3) is 0 Å². The van der Waals surface area contributed by atoms with E-state index in [9.17, 15) is 4.39 Å². The van der Waals surface area contributed by atoms with Gasteiger partial charge in [-0.05, 0) is 60.7 Å². The van der Waals surface area contributed by atoms with Crippen LogP contribution in [0.4, 0.5) is 4.39 Å². The van der Waals surface area contributed by atoms with Crippen molar-refractivity contribution < 1.29 is 9.13 Å². The highest BCUT2D eigenvalue weighted by molar-refractivity contribution is 7.10. The van der Waals surface area contributed by atoms with E-state index in [-0.39, 0.29) is 11.9 Å². The third kappa shape index (κ3) is 2.86. The summed E-state index contributed by atoms with van der Waals surface area (Å²) in [6, 6.07) is 5.19. The summed E-state index contributed by atoms with van der Waals surface area (Å²) in [6.07, 6.45) is 0. The maximum Gasteiger partial charge on any atom is 0.134 e. The molecule has 0 aliphatic carbocycles. The van der Waals surface area contributed by atoms with Gasteiger partial charge < -0.3 is 10.1 Å². The monoisotopic (exact) mass is 293 g/mol. The molecule has 0 aliphatic heterocycles. The third-order valence-corrected chi connectivity index (χ3v) is 4.36. The number of benzene rings is 1. The molecular formula is C16H20FNOS. The van der Waals surface area contributed by atoms with E-state index in [0.29, 0.717) is 0 Å². The Balaban J connectivity index is 2.54. The molecule has 0 spiro atoms. The number of halogens is 1. The lowest BCUT2D eigenvalue weighted by Crippen LogP contribution is -2.23. The van der Waals surface area contributed by atoms with Crippen molar-refractivity contribution >= 4 is 11.3 Å². The first-order valence-electron chi connectivity index (χ1n) is 6.69. The van der Waals surface area contributed by atoms with E-state index in [1.807, 2.05) is 25.3 Å². The minimum Gasteiger partial charge on any atom is -0.496 e. The molecule has 2 nitrogen and oxygen atoms in total. The van der Waals surface area contributed by atoms with E-state index in [1.165, 1.54) is 0 Å². The molecule has 0 saturated heterocycles. The number of nitrogens with one attached hydrogen (secondary N) is 1. The number of ether oxygens (including phenoxy) is 1. The Morgan fingerprint density at radius 3 is 2.50 bits per heavy atom. The highest BCUT2D eigenvalue weighted by Crippen LogP contribution is 2.37. The summed E-state index contributed by atoms with van der Waals surface area (Å²) in [6.45, 7) is 6.81. The molecule has 0 bridgehead atoms. The third-order valence-electron chi connectivity index (χ3n) is 3.39. The fourth-order valence-corrected chi connectivity index (χ4v) is 3.54. The predicted octanol–water partition coefficient (Wildman–Crippen LogP) is 4.21. The lowest BCUT2D eigenvalue weighted by Gasteiger charge is -2.22. The Hall–Kier alpha value is -1.39. The molecule has 0 fully saturated rings. The standard InChI is InChI=1S/C16H20FNOS/c1-5-18-15(16-13(19-4)6-7-20-16)14-10(2)8-12(17)9-11(14)3/h6-9,15,18H,5H2,1-4H3. The second-order valence-corrected chi connectivity index (χ2v) is 5.74. The normalized spacial score (nSPS) is 12.4. The SMILES string of the molecule is CCNC(c1sccc1OC)c1c(C)cc(F)cc1C. The number of hydrogen-bond acceptors (Lipinski definition) is 3. The predicted molar refractivity (Wildman–Crippen MR) is 82.3 cm³/mol. The summed E-state index contributed by atoms with van der Waals surface area (Å²) in [5, 5.41) is 5.51. The Kier molecular flexibility index (Phi) is 4.78. The number of methoxy groups -OCH3 is 1. The second kappa shape index (κ2) is 6.37. The minimum absolute atomic E-state index is 0.0375. The number of thiophene rings is 1. The van der Waals surface area contributed by atoms with Crippen LogP contribution in [0.3, 0.4) is 0 Å². The molecule has 4 heteroatoms. The van der Waals surface area contributed by atoms with Crippen molar-refractivity contribution in [2.45, 2.75) is 26.8 Å². The van der Waals surface area contributed by atoms with Gasteiger partial charge in [0.15, 0.2) is 0 Å². The molecule has 20 heavy (non-hydrogen) atoms. The summed E-state index contributed by atoms with van der Waals surface area (Å²) in [4.78, 5) is 1.13. The molecule has 1 aromatic carbocycles. The van der Waals surface area contributed by atoms with E-state index < -0.39 is 0 Å². The summed E-state index contributed by atoms with van der Waals surface area (Å²) < 4.78 is 18.9. The lowest BCUT2D eigenvalue weighted by molar-refractivity contribution is 0.407. The Labute approximate surface area is 123 Å². The number of hydrogen-bond donors (Lipinski definition) is 1. The largest absolute Gasteiger partial charge is 0.496 e. The van der Waals surface area contributed by atoms with E-state index in [0.717, 1.165) is 33.9 Å². The van der Waals surface area contributed by atoms with E-state index in [1.54, 1.807) is 30.6 Å². The van der Waals surface area contributed by atoms with Crippen molar-refractivity contribution in [3.05, 3.63) is 51.0 Å². The molecule has 0 aliphatic rings. The molecule has 2 rings (SSSR count). The molecule has 108 valence electrons. The van der Waals surface area contributed by atoms with Crippen molar-refractivity contribution in [2.24, 2.45) is 0 Å². The average Bonchev–Trinajstić information content (AvgIpc) is 2.84. The van der Waals surface area contributed by atoms with Gasteiger partial charge in [0, 0.05) is 0 Å². The topological polar surface area (TPSA) is 21.3 Å². The van der Waals surface area contributed by atoms with Gasteiger partial charge in [-0.1, -0.05) is 6.92 Å². The van der Waals surface area contributed by atoms with Crippen LogP contribution in [-0.2, 0) is 0 Å². The summed E-state index contributed by atoms with van der Waals surface area (Å²) in [7, 11) is 1.68. The van der Waals surface area contributed by atoms with Gasteiger partial charge >= 0.3 is 0 Å². The first-order valence-corrected chi connectivity index (χ1v) is 7.57. The molecule has 1 unspecified atom stereocenters. The van der Waals surface area contributed by atoms with Crippen LogP contribution < -0.4 is 10.1 Å². The van der Waals surface area contributed by atoms with Crippen LogP contribution in [0.2, 0.25) is 0 Å². The van der Waals surface area contributed by atoms with E-state index >= 15 is 0 Å². The highest BCUT2D eigenvalue weighted by atomic mass is 32.1. The Morgan fingerprint density at radius 1 is 1.30 bits per heavy atom. The first kappa shape index (κ1) is 15.0. The van der Waals surface area contributed by atoms with Crippen LogP contribution in [-0.4, -0.2) is 13.7 Å².